The molecule has 0 spiro atoms. The van der Waals surface area contributed by atoms with Crippen LogP contribution < -0.4 is 9.80 Å². The average molecular weight is 528 g/mol. The minimum absolute atomic E-state index is 0. The third-order valence-corrected chi connectivity index (χ3v) is 6.51. The molecular weight excluding hydrogens is 498 g/mol. The van der Waals surface area contributed by atoms with Gasteiger partial charge in [0.15, 0.2) is 0 Å². The summed E-state index contributed by atoms with van der Waals surface area (Å²) in [6.45, 7) is 14.2. The molecular formula is C18H30I2N2. The summed E-state index contributed by atoms with van der Waals surface area (Å²) in [7, 11) is 4.47. The predicted molar refractivity (Wildman–Crippen MR) is 119 cm³/mol. The van der Waals surface area contributed by atoms with Gasteiger partial charge in [-0.2, -0.15) is 0 Å². The topological polar surface area (TPSA) is 6.48 Å². The number of rotatable bonds is 0. The number of nitrogens with zero attached hydrogens (tertiary/aromatic N) is 2. The summed E-state index contributed by atoms with van der Waals surface area (Å²) in [5.74, 6) is 0. The molecule has 0 bridgehead atoms. The molecule has 1 aromatic carbocycles. The summed E-state index contributed by atoms with van der Waals surface area (Å²) in [4.78, 5) is 4.91. The number of hydrogen-bond donors (Lipinski definition) is 0. The summed E-state index contributed by atoms with van der Waals surface area (Å²) in [5, 5.41) is 0. The molecule has 2 heterocycles. The Bertz CT molecular complexity index is 529. The Hall–Kier alpha value is 0.280. The van der Waals surface area contributed by atoms with Crippen LogP contribution in [0.25, 0.3) is 0 Å². The van der Waals surface area contributed by atoms with Crippen LogP contribution in [0.4, 0.5) is 11.4 Å². The lowest BCUT2D eigenvalue weighted by Crippen LogP contribution is -2.37. The molecule has 0 amide bonds. The quantitative estimate of drug-likeness (QED) is 0.430. The van der Waals surface area contributed by atoms with E-state index in [1.807, 2.05) is 0 Å². The van der Waals surface area contributed by atoms with Gasteiger partial charge in [-0.25, -0.2) is 0 Å². The van der Waals surface area contributed by atoms with E-state index in [9.17, 15) is 0 Å². The van der Waals surface area contributed by atoms with Gasteiger partial charge in [0.1, 0.15) is 0 Å². The molecule has 0 N–H and O–H groups in total. The maximum Gasteiger partial charge on any atom is 0.0409 e. The van der Waals surface area contributed by atoms with Gasteiger partial charge in [-0.3, -0.25) is 0 Å². The first kappa shape index (κ1) is 20.3. The molecule has 0 radical (unpaired) electrons. The van der Waals surface area contributed by atoms with Crippen LogP contribution in [0.1, 0.15) is 52.7 Å². The second kappa shape index (κ2) is 5.97. The maximum absolute atomic E-state index is 2.45. The van der Waals surface area contributed by atoms with Crippen molar-refractivity contribution < 1.29 is 0 Å². The smallest absolute Gasteiger partial charge is 0.0409 e. The molecule has 1 aromatic rings. The van der Waals surface area contributed by atoms with Gasteiger partial charge in [-0.1, -0.05) is 27.7 Å². The van der Waals surface area contributed by atoms with Crippen molar-refractivity contribution in [3.8, 4) is 0 Å². The Balaban J connectivity index is 0.00000121. The monoisotopic (exact) mass is 528 g/mol. The average Bonchev–Trinajstić information content (AvgIpc) is 2.67. The third kappa shape index (κ3) is 2.38. The molecule has 2 aliphatic rings. The lowest BCUT2D eigenvalue weighted by atomic mass is 9.78. The molecule has 22 heavy (non-hydrogen) atoms. The summed E-state index contributed by atoms with van der Waals surface area (Å²) < 4.78 is 0. The van der Waals surface area contributed by atoms with Crippen molar-refractivity contribution in [2.75, 3.05) is 23.9 Å². The SMILES string of the molecule is CC1N(C)c2cc3c(cc2C1(C)C)N(C)C(C)C3(C)C.I.I. The van der Waals surface area contributed by atoms with E-state index in [0.717, 1.165) is 0 Å². The minimum Gasteiger partial charge on any atom is -0.371 e. The first-order valence-electron chi connectivity index (χ1n) is 7.74. The van der Waals surface area contributed by atoms with Crippen LogP contribution in [0, 0.1) is 0 Å². The molecule has 0 aliphatic carbocycles. The van der Waals surface area contributed by atoms with E-state index in [1.165, 1.54) is 22.5 Å². The van der Waals surface area contributed by atoms with Gasteiger partial charge in [0, 0.05) is 48.4 Å². The molecule has 2 aliphatic heterocycles. The number of halogens is 2. The molecule has 126 valence electrons. The first-order valence-corrected chi connectivity index (χ1v) is 7.74. The van der Waals surface area contributed by atoms with Gasteiger partial charge in [0.25, 0.3) is 0 Å². The molecule has 0 saturated heterocycles. The fourth-order valence-corrected chi connectivity index (χ4v) is 4.03. The molecule has 2 atom stereocenters. The van der Waals surface area contributed by atoms with Gasteiger partial charge in [-0.15, -0.1) is 48.0 Å². The van der Waals surface area contributed by atoms with Crippen LogP contribution in [0.15, 0.2) is 12.1 Å². The zero-order chi connectivity index (χ0) is 15.0. The molecule has 3 rings (SSSR count). The standard InChI is InChI=1S/C18H28N2.2HI/c1-11-17(3,4)13-9-16-14(10-15(13)19(11)7)18(5,6)12(2)20(16)8;;/h9-12H,1-8H3;2*1H. The van der Waals surface area contributed by atoms with Crippen molar-refractivity contribution >= 4 is 59.3 Å². The normalized spacial score (nSPS) is 26.9. The van der Waals surface area contributed by atoms with Crippen LogP contribution >= 0.6 is 48.0 Å². The Morgan fingerprint density at radius 1 is 0.727 bits per heavy atom. The minimum atomic E-state index is 0. The number of hydrogen-bond acceptors (Lipinski definition) is 2. The highest BCUT2D eigenvalue weighted by atomic mass is 127. The van der Waals surface area contributed by atoms with Crippen LogP contribution in [0.2, 0.25) is 0 Å². The number of benzene rings is 1. The van der Waals surface area contributed by atoms with Crippen molar-refractivity contribution in [1.29, 1.82) is 0 Å². The van der Waals surface area contributed by atoms with Crippen LogP contribution in [-0.4, -0.2) is 26.2 Å². The fraction of sp³-hybridized carbons (Fsp3) is 0.667. The maximum atomic E-state index is 2.45. The second-order valence-corrected chi connectivity index (χ2v) is 7.90. The second-order valence-electron chi connectivity index (χ2n) is 7.90. The van der Waals surface area contributed by atoms with E-state index in [-0.39, 0.29) is 58.8 Å². The summed E-state index contributed by atoms with van der Waals surface area (Å²) in [6.07, 6.45) is 0. The molecule has 0 fully saturated rings. The van der Waals surface area contributed by atoms with Crippen molar-refractivity contribution in [2.45, 2.75) is 64.5 Å². The van der Waals surface area contributed by atoms with Crippen LogP contribution in [0.5, 0.6) is 0 Å². The number of fused-ring (bicyclic) bond motifs is 2. The highest BCUT2D eigenvalue weighted by Crippen LogP contribution is 2.52. The Morgan fingerprint density at radius 3 is 1.27 bits per heavy atom. The van der Waals surface area contributed by atoms with E-state index in [0.29, 0.717) is 12.1 Å². The van der Waals surface area contributed by atoms with Gasteiger partial charge in [-0.05, 0) is 37.1 Å². The van der Waals surface area contributed by atoms with Crippen molar-refractivity contribution in [2.24, 2.45) is 0 Å². The van der Waals surface area contributed by atoms with Gasteiger partial charge in [0.2, 0.25) is 0 Å². The van der Waals surface area contributed by atoms with E-state index >= 15 is 0 Å². The number of anilines is 2. The highest BCUT2D eigenvalue weighted by Gasteiger charge is 2.45. The zero-order valence-electron chi connectivity index (χ0n) is 15.0. The molecule has 2 unspecified atom stereocenters. The van der Waals surface area contributed by atoms with E-state index < -0.39 is 0 Å². The van der Waals surface area contributed by atoms with E-state index in [2.05, 4.69) is 77.6 Å². The first-order chi connectivity index (χ1) is 9.10. The van der Waals surface area contributed by atoms with E-state index in [1.54, 1.807) is 0 Å². The third-order valence-electron chi connectivity index (χ3n) is 6.51. The summed E-state index contributed by atoms with van der Waals surface area (Å²) in [5.41, 5.74) is 6.30. The lowest BCUT2D eigenvalue weighted by molar-refractivity contribution is 0.451. The van der Waals surface area contributed by atoms with Crippen molar-refractivity contribution in [3.05, 3.63) is 23.3 Å². The fourth-order valence-electron chi connectivity index (χ4n) is 4.03. The Morgan fingerprint density at radius 2 is 1.00 bits per heavy atom. The number of likely N-dealkylation sites (N-methyl/N-ethyl adjacent to an activating group) is 2. The highest BCUT2D eigenvalue weighted by molar-refractivity contribution is 14.0. The Labute approximate surface area is 170 Å². The summed E-state index contributed by atoms with van der Waals surface area (Å²) >= 11 is 0. The molecule has 2 nitrogen and oxygen atoms in total. The zero-order valence-corrected chi connectivity index (χ0v) is 19.7. The Kier molecular flexibility index (Phi) is 5.52. The van der Waals surface area contributed by atoms with Gasteiger partial charge < -0.3 is 9.80 Å². The lowest BCUT2D eigenvalue weighted by Gasteiger charge is -2.30. The predicted octanol–water partition coefficient (Wildman–Crippen LogP) is 5.15. The largest absolute Gasteiger partial charge is 0.371 e. The van der Waals surface area contributed by atoms with Crippen molar-refractivity contribution in [1.82, 2.24) is 0 Å². The van der Waals surface area contributed by atoms with Crippen LogP contribution in [0.3, 0.4) is 0 Å². The van der Waals surface area contributed by atoms with Crippen molar-refractivity contribution in [3.63, 3.8) is 0 Å². The molecule has 0 saturated carbocycles. The summed E-state index contributed by atoms with van der Waals surface area (Å²) in [6, 6.07) is 6.00. The van der Waals surface area contributed by atoms with Crippen LogP contribution in [-0.2, 0) is 10.8 Å². The molecule has 0 aromatic heterocycles. The van der Waals surface area contributed by atoms with E-state index in [4.69, 9.17) is 0 Å². The van der Waals surface area contributed by atoms with Gasteiger partial charge >= 0.3 is 0 Å². The van der Waals surface area contributed by atoms with Gasteiger partial charge in [0.05, 0.1) is 0 Å². The molecule has 4 heteroatoms.